The predicted molar refractivity (Wildman–Crippen MR) is 84.4 cm³/mol. The lowest BCUT2D eigenvalue weighted by atomic mass is 10.1. The third-order valence-electron chi connectivity index (χ3n) is 4.54. The van der Waals surface area contributed by atoms with Gasteiger partial charge in [0.1, 0.15) is 5.82 Å². The monoisotopic (exact) mass is 281 g/mol. The maximum atomic E-state index is 5.96. The number of nitrogens with zero attached hydrogens (tertiary/aromatic N) is 3. The van der Waals surface area contributed by atoms with E-state index >= 15 is 0 Å². The molecule has 2 aliphatic rings. The second-order valence-electron chi connectivity index (χ2n) is 5.79. The van der Waals surface area contributed by atoms with Crippen LogP contribution in [-0.2, 0) is 6.42 Å². The number of nitrogens with two attached hydrogens (primary N) is 1. The van der Waals surface area contributed by atoms with Gasteiger partial charge in [0.2, 0.25) is 5.95 Å². The molecule has 0 unspecified atom stereocenters. The van der Waals surface area contributed by atoms with Crippen LogP contribution in [0.1, 0.15) is 17.5 Å². The number of fused-ring (bicyclic) bond motifs is 3. The molecule has 1 saturated heterocycles. The normalized spacial score (nSPS) is 19.7. The fourth-order valence-corrected chi connectivity index (χ4v) is 3.42. The van der Waals surface area contributed by atoms with E-state index in [2.05, 4.69) is 44.5 Å². The Bertz CT molecular complexity index is 697. The van der Waals surface area contributed by atoms with E-state index in [0.717, 1.165) is 37.4 Å². The van der Waals surface area contributed by atoms with Crippen LogP contribution in [0, 0.1) is 0 Å². The standard InChI is InChI=1S/C16H19N5/c1-18-11-6-7-21(9-11)15-13-8-10-4-2-3-5-12(10)14(13)19-16(17)20-15/h2-5,11,18H,6-9H2,1H3,(H2,17,19,20)/t11-/m1/s1. The van der Waals surface area contributed by atoms with Gasteiger partial charge in [-0.05, 0) is 19.0 Å². The topological polar surface area (TPSA) is 67.1 Å². The minimum absolute atomic E-state index is 0.369. The second kappa shape index (κ2) is 4.70. The molecule has 1 aromatic carbocycles. The van der Waals surface area contributed by atoms with Gasteiger partial charge in [-0.1, -0.05) is 24.3 Å². The lowest BCUT2D eigenvalue weighted by Crippen LogP contribution is -2.30. The summed E-state index contributed by atoms with van der Waals surface area (Å²) in [6.07, 6.45) is 2.05. The molecule has 108 valence electrons. The summed E-state index contributed by atoms with van der Waals surface area (Å²) in [6, 6.07) is 8.95. The Hall–Kier alpha value is -2.14. The zero-order valence-electron chi connectivity index (χ0n) is 12.1. The molecule has 0 bridgehead atoms. The summed E-state index contributed by atoms with van der Waals surface area (Å²) < 4.78 is 0. The van der Waals surface area contributed by atoms with Gasteiger partial charge in [0.25, 0.3) is 0 Å². The zero-order valence-corrected chi connectivity index (χ0v) is 12.1. The van der Waals surface area contributed by atoms with Crippen LogP contribution in [0.25, 0.3) is 11.3 Å². The fourth-order valence-electron chi connectivity index (χ4n) is 3.42. The van der Waals surface area contributed by atoms with E-state index in [1.165, 1.54) is 16.7 Å². The summed E-state index contributed by atoms with van der Waals surface area (Å²) in [5, 5.41) is 3.35. The highest BCUT2D eigenvalue weighted by molar-refractivity contribution is 5.79. The van der Waals surface area contributed by atoms with Gasteiger partial charge < -0.3 is 16.0 Å². The van der Waals surface area contributed by atoms with Gasteiger partial charge in [-0.2, -0.15) is 4.98 Å². The Balaban J connectivity index is 1.79. The van der Waals surface area contributed by atoms with Crippen molar-refractivity contribution in [1.29, 1.82) is 0 Å². The quantitative estimate of drug-likeness (QED) is 0.744. The first-order valence-corrected chi connectivity index (χ1v) is 7.43. The molecule has 0 radical (unpaired) electrons. The third-order valence-corrected chi connectivity index (χ3v) is 4.54. The lowest BCUT2D eigenvalue weighted by molar-refractivity contribution is 0.616. The van der Waals surface area contributed by atoms with Crippen LogP contribution < -0.4 is 16.0 Å². The van der Waals surface area contributed by atoms with E-state index in [-0.39, 0.29) is 0 Å². The van der Waals surface area contributed by atoms with Crippen molar-refractivity contribution >= 4 is 11.8 Å². The van der Waals surface area contributed by atoms with Crippen LogP contribution in [-0.4, -0.2) is 36.1 Å². The third kappa shape index (κ3) is 1.96. The first kappa shape index (κ1) is 12.6. The molecule has 4 rings (SSSR count). The molecule has 1 aromatic heterocycles. The maximum Gasteiger partial charge on any atom is 0.222 e. The van der Waals surface area contributed by atoms with Gasteiger partial charge in [0, 0.05) is 36.7 Å². The molecular weight excluding hydrogens is 262 g/mol. The SMILES string of the molecule is CN[C@@H]1CCN(c2nc(N)nc3c2Cc2ccccc2-3)C1. The van der Waals surface area contributed by atoms with E-state index < -0.39 is 0 Å². The van der Waals surface area contributed by atoms with Gasteiger partial charge in [0.15, 0.2) is 0 Å². The fraction of sp³-hybridized carbons (Fsp3) is 0.375. The first-order valence-electron chi connectivity index (χ1n) is 7.43. The Labute approximate surface area is 124 Å². The number of aromatic nitrogens is 2. The molecule has 3 N–H and O–H groups in total. The number of nitrogens with one attached hydrogen (secondary N) is 1. The van der Waals surface area contributed by atoms with Gasteiger partial charge in [-0.15, -0.1) is 0 Å². The predicted octanol–water partition coefficient (Wildman–Crippen LogP) is 1.43. The highest BCUT2D eigenvalue weighted by atomic mass is 15.3. The van der Waals surface area contributed by atoms with Crippen LogP contribution in [0.3, 0.4) is 0 Å². The summed E-state index contributed by atoms with van der Waals surface area (Å²) in [6.45, 7) is 2.00. The molecule has 1 atom stereocenters. The van der Waals surface area contributed by atoms with Crippen molar-refractivity contribution in [3.8, 4) is 11.3 Å². The highest BCUT2D eigenvalue weighted by Gasteiger charge is 2.30. The minimum Gasteiger partial charge on any atom is -0.368 e. The number of hydrogen-bond donors (Lipinski definition) is 2. The van der Waals surface area contributed by atoms with Crippen molar-refractivity contribution in [1.82, 2.24) is 15.3 Å². The molecule has 5 heteroatoms. The number of hydrogen-bond acceptors (Lipinski definition) is 5. The van der Waals surface area contributed by atoms with Crippen LogP contribution in [0.2, 0.25) is 0 Å². The summed E-state index contributed by atoms with van der Waals surface area (Å²) in [7, 11) is 2.02. The molecular formula is C16H19N5. The van der Waals surface area contributed by atoms with Crippen molar-refractivity contribution in [3.63, 3.8) is 0 Å². The number of benzene rings is 1. The Morgan fingerprint density at radius 3 is 2.95 bits per heavy atom. The Kier molecular flexibility index (Phi) is 2.82. The molecule has 2 aromatic rings. The first-order chi connectivity index (χ1) is 10.3. The van der Waals surface area contributed by atoms with Crippen LogP contribution in [0.4, 0.5) is 11.8 Å². The Morgan fingerprint density at radius 1 is 1.29 bits per heavy atom. The van der Waals surface area contributed by atoms with E-state index in [0.29, 0.717) is 12.0 Å². The van der Waals surface area contributed by atoms with E-state index in [1.807, 2.05) is 7.05 Å². The number of nitrogen functional groups attached to an aromatic ring is 1. The van der Waals surface area contributed by atoms with Gasteiger partial charge >= 0.3 is 0 Å². The number of anilines is 2. The number of rotatable bonds is 2. The molecule has 0 spiro atoms. The lowest BCUT2D eigenvalue weighted by Gasteiger charge is -2.20. The average Bonchev–Trinajstić information content (AvgIpc) is 3.11. The summed E-state index contributed by atoms with van der Waals surface area (Å²) in [5.41, 5.74) is 10.7. The van der Waals surface area contributed by atoms with Crippen LogP contribution in [0.5, 0.6) is 0 Å². The highest BCUT2D eigenvalue weighted by Crippen LogP contribution is 2.40. The summed E-state index contributed by atoms with van der Waals surface area (Å²) in [5.74, 6) is 1.39. The second-order valence-corrected chi connectivity index (χ2v) is 5.79. The maximum absolute atomic E-state index is 5.96. The van der Waals surface area contributed by atoms with Gasteiger partial charge in [0.05, 0.1) is 5.69 Å². The number of likely N-dealkylation sites (N-methyl/N-ethyl adjacent to an activating group) is 1. The molecule has 0 saturated carbocycles. The average molecular weight is 281 g/mol. The van der Waals surface area contributed by atoms with Crippen molar-refractivity contribution in [2.24, 2.45) is 0 Å². The molecule has 2 heterocycles. The van der Waals surface area contributed by atoms with Crippen LogP contribution in [0.15, 0.2) is 24.3 Å². The molecule has 5 nitrogen and oxygen atoms in total. The largest absolute Gasteiger partial charge is 0.368 e. The molecule has 1 fully saturated rings. The molecule has 1 aliphatic heterocycles. The molecule has 21 heavy (non-hydrogen) atoms. The summed E-state index contributed by atoms with van der Waals surface area (Å²) in [4.78, 5) is 11.4. The zero-order chi connectivity index (χ0) is 14.4. The smallest absolute Gasteiger partial charge is 0.222 e. The van der Waals surface area contributed by atoms with Crippen LogP contribution >= 0.6 is 0 Å². The van der Waals surface area contributed by atoms with E-state index in [1.54, 1.807) is 0 Å². The Morgan fingerprint density at radius 2 is 2.14 bits per heavy atom. The van der Waals surface area contributed by atoms with Crippen molar-refractivity contribution in [3.05, 3.63) is 35.4 Å². The van der Waals surface area contributed by atoms with Crippen molar-refractivity contribution < 1.29 is 0 Å². The summed E-state index contributed by atoms with van der Waals surface area (Å²) >= 11 is 0. The van der Waals surface area contributed by atoms with Crippen molar-refractivity contribution in [2.45, 2.75) is 18.9 Å². The molecule has 0 amide bonds. The van der Waals surface area contributed by atoms with Crippen molar-refractivity contribution in [2.75, 3.05) is 30.8 Å². The molecule has 1 aliphatic carbocycles. The van der Waals surface area contributed by atoms with Gasteiger partial charge in [-0.25, -0.2) is 4.98 Å². The minimum atomic E-state index is 0.369. The van der Waals surface area contributed by atoms with E-state index in [4.69, 9.17) is 5.73 Å². The van der Waals surface area contributed by atoms with Gasteiger partial charge in [-0.3, -0.25) is 0 Å². The van der Waals surface area contributed by atoms with E-state index in [9.17, 15) is 0 Å².